The van der Waals surface area contributed by atoms with Gasteiger partial charge in [0.15, 0.2) is 0 Å². The van der Waals surface area contributed by atoms with Gasteiger partial charge >= 0.3 is 0 Å². The normalized spacial score (nSPS) is 18.4. The van der Waals surface area contributed by atoms with E-state index >= 15 is 0 Å². The molecule has 0 bridgehead atoms. The first-order chi connectivity index (χ1) is 6.84. The second kappa shape index (κ2) is 7.30. The molecule has 2 nitrogen and oxygen atoms in total. The van der Waals surface area contributed by atoms with Gasteiger partial charge in [-0.1, -0.05) is 19.3 Å². The van der Waals surface area contributed by atoms with Gasteiger partial charge in [0.2, 0.25) is 0 Å². The summed E-state index contributed by atoms with van der Waals surface area (Å²) in [6.07, 6.45) is 6.08. The van der Waals surface area contributed by atoms with Crippen molar-refractivity contribution < 1.29 is 9.53 Å². The number of thioether (sulfide) groups is 1. The van der Waals surface area contributed by atoms with Crippen LogP contribution in [0.2, 0.25) is 0 Å². The molecule has 0 aliphatic heterocycles. The van der Waals surface area contributed by atoms with E-state index in [1.54, 1.807) is 18.9 Å². The lowest BCUT2D eigenvalue weighted by Crippen LogP contribution is -2.19. The first-order valence-corrected chi connectivity index (χ1v) is 6.59. The minimum atomic E-state index is 0.374. The number of hydrogen-bond acceptors (Lipinski definition) is 3. The average Bonchev–Trinajstić information content (AvgIpc) is 2.25. The van der Waals surface area contributed by atoms with E-state index in [2.05, 4.69) is 0 Å². The van der Waals surface area contributed by atoms with Crippen molar-refractivity contribution >= 4 is 17.5 Å². The molecule has 0 aromatic carbocycles. The van der Waals surface area contributed by atoms with Crippen molar-refractivity contribution in [1.82, 2.24) is 0 Å². The molecule has 1 aliphatic carbocycles. The summed E-state index contributed by atoms with van der Waals surface area (Å²) in [6.45, 7) is 0.753. The van der Waals surface area contributed by atoms with Crippen molar-refractivity contribution in [1.29, 1.82) is 0 Å². The molecule has 1 aliphatic rings. The first-order valence-electron chi connectivity index (χ1n) is 5.44. The maximum atomic E-state index is 11.7. The number of carbonyl (C=O) groups is 1. The van der Waals surface area contributed by atoms with Gasteiger partial charge in [-0.05, 0) is 12.8 Å². The average molecular weight is 216 g/mol. The third kappa shape index (κ3) is 4.47. The summed E-state index contributed by atoms with van der Waals surface area (Å²) in [5, 5.41) is 0. The zero-order valence-corrected chi connectivity index (χ0v) is 9.78. The molecule has 0 radical (unpaired) electrons. The molecule has 0 N–H and O–H groups in total. The summed E-state index contributed by atoms with van der Waals surface area (Å²) in [7, 11) is 1.70. The number of hydrogen-bond donors (Lipinski definition) is 0. The van der Waals surface area contributed by atoms with E-state index in [0.29, 0.717) is 17.5 Å². The Morgan fingerprint density at radius 2 is 2.07 bits per heavy atom. The van der Waals surface area contributed by atoms with E-state index in [1.807, 2.05) is 0 Å². The van der Waals surface area contributed by atoms with Crippen LogP contribution < -0.4 is 0 Å². The second-order valence-corrected chi connectivity index (χ2v) is 4.95. The van der Waals surface area contributed by atoms with E-state index in [1.165, 1.54) is 19.3 Å². The number of ether oxygens (including phenoxy) is 1. The van der Waals surface area contributed by atoms with Crippen molar-refractivity contribution in [2.75, 3.05) is 25.2 Å². The highest BCUT2D eigenvalue weighted by Gasteiger charge is 2.20. The highest BCUT2D eigenvalue weighted by molar-refractivity contribution is 7.99. The Bertz CT molecular complexity index is 165. The van der Waals surface area contributed by atoms with E-state index in [0.717, 1.165) is 25.2 Å². The molecule has 0 saturated heterocycles. The van der Waals surface area contributed by atoms with Crippen LogP contribution in [-0.4, -0.2) is 31.0 Å². The molecule has 0 aromatic rings. The number of methoxy groups -OCH3 is 1. The second-order valence-electron chi connectivity index (χ2n) is 3.85. The minimum absolute atomic E-state index is 0.374. The fraction of sp³-hybridized carbons (Fsp3) is 0.909. The SMILES string of the molecule is COCCSCC(=O)C1CCCCC1. The molecule has 1 rings (SSSR count). The summed E-state index contributed by atoms with van der Waals surface area (Å²) < 4.78 is 4.94. The standard InChI is InChI=1S/C11H20O2S/c1-13-7-8-14-9-11(12)10-5-3-2-4-6-10/h10H,2-9H2,1H3. The summed E-state index contributed by atoms with van der Waals surface area (Å²) >= 11 is 1.71. The highest BCUT2D eigenvalue weighted by atomic mass is 32.2. The molecule has 0 atom stereocenters. The zero-order valence-electron chi connectivity index (χ0n) is 8.96. The van der Waals surface area contributed by atoms with Crippen LogP contribution in [0.1, 0.15) is 32.1 Å². The molecule has 82 valence electrons. The van der Waals surface area contributed by atoms with Gasteiger partial charge in [-0.15, -0.1) is 0 Å². The fourth-order valence-electron chi connectivity index (χ4n) is 1.86. The van der Waals surface area contributed by atoms with Crippen LogP contribution in [-0.2, 0) is 9.53 Å². The summed E-state index contributed by atoms with van der Waals surface area (Å²) in [6, 6.07) is 0. The molecule has 1 saturated carbocycles. The van der Waals surface area contributed by atoms with Crippen molar-refractivity contribution in [3.63, 3.8) is 0 Å². The van der Waals surface area contributed by atoms with Gasteiger partial charge in [0.25, 0.3) is 0 Å². The minimum Gasteiger partial charge on any atom is -0.384 e. The van der Waals surface area contributed by atoms with Gasteiger partial charge in [-0.3, -0.25) is 4.79 Å². The highest BCUT2D eigenvalue weighted by Crippen LogP contribution is 2.25. The van der Waals surface area contributed by atoms with Crippen molar-refractivity contribution in [3.8, 4) is 0 Å². The predicted molar refractivity (Wildman–Crippen MR) is 60.8 cm³/mol. The van der Waals surface area contributed by atoms with Crippen LogP contribution in [0, 0.1) is 5.92 Å². The van der Waals surface area contributed by atoms with E-state index in [4.69, 9.17) is 4.74 Å². The van der Waals surface area contributed by atoms with Crippen LogP contribution >= 0.6 is 11.8 Å². The Kier molecular flexibility index (Phi) is 6.28. The van der Waals surface area contributed by atoms with Crippen LogP contribution in [0.15, 0.2) is 0 Å². The first kappa shape index (κ1) is 12.1. The Morgan fingerprint density at radius 3 is 2.71 bits per heavy atom. The van der Waals surface area contributed by atoms with Gasteiger partial charge < -0.3 is 4.74 Å². The van der Waals surface area contributed by atoms with Gasteiger partial charge in [-0.25, -0.2) is 0 Å². The maximum Gasteiger partial charge on any atom is 0.145 e. The monoisotopic (exact) mass is 216 g/mol. The third-order valence-corrected chi connectivity index (χ3v) is 3.68. The van der Waals surface area contributed by atoms with Gasteiger partial charge in [0.1, 0.15) is 5.78 Å². The van der Waals surface area contributed by atoms with Crippen molar-refractivity contribution in [2.24, 2.45) is 5.92 Å². The molecule has 0 heterocycles. The van der Waals surface area contributed by atoms with Crippen molar-refractivity contribution in [3.05, 3.63) is 0 Å². The number of carbonyl (C=O) groups excluding carboxylic acids is 1. The number of Topliss-reactive ketones (excluding diaryl/α,β-unsaturated/α-hetero) is 1. The molecule has 0 amide bonds. The number of ketones is 1. The molecule has 0 unspecified atom stereocenters. The van der Waals surface area contributed by atoms with E-state index in [9.17, 15) is 4.79 Å². The van der Waals surface area contributed by atoms with Crippen molar-refractivity contribution in [2.45, 2.75) is 32.1 Å². The Labute approximate surface area is 90.8 Å². The van der Waals surface area contributed by atoms with E-state index in [-0.39, 0.29) is 0 Å². The summed E-state index contributed by atoms with van der Waals surface area (Å²) in [4.78, 5) is 11.7. The maximum absolute atomic E-state index is 11.7. The predicted octanol–water partition coefficient (Wildman–Crippen LogP) is 2.52. The summed E-state index contributed by atoms with van der Waals surface area (Å²) in [5.41, 5.74) is 0. The third-order valence-electron chi connectivity index (χ3n) is 2.74. The molecule has 3 heteroatoms. The van der Waals surface area contributed by atoms with Crippen LogP contribution in [0.25, 0.3) is 0 Å². The van der Waals surface area contributed by atoms with Gasteiger partial charge in [0, 0.05) is 18.8 Å². The molecular weight excluding hydrogens is 196 g/mol. The summed E-state index contributed by atoms with van der Waals surface area (Å²) in [5.74, 6) is 2.47. The lowest BCUT2D eigenvalue weighted by Gasteiger charge is -2.19. The van der Waals surface area contributed by atoms with Crippen LogP contribution in [0.4, 0.5) is 0 Å². The smallest absolute Gasteiger partial charge is 0.145 e. The molecule has 0 aromatic heterocycles. The van der Waals surface area contributed by atoms with Crippen LogP contribution in [0.3, 0.4) is 0 Å². The molecule has 1 fully saturated rings. The quantitative estimate of drug-likeness (QED) is 0.638. The van der Waals surface area contributed by atoms with Gasteiger partial charge in [-0.2, -0.15) is 11.8 Å². The lowest BCUT2D eigenvalue weighted by molar-refractivity contribution is -0.121. The largest absolute Gasteiger partial charge is 0.384 e. The molecule has 14 heavy (non-hydrogen) atoms. The van der Waals surface area contributed by atoms with E-state index < -0.39 is 0 Å². The molecule has 0 spiro atoms. The Hall–Kier alpha value is -0.0200. The zero-order chi connectivity index (χ0) is 10.2. The topological polar surface area (TPSA) is 26.3 Å². The number of rotatable bonds is 6. The lowest BCUT2D eigenvalue weighted by atomic mass is 9.87. The van der Waals surface area contributed by atoms with Crippen LogP contribution in [0.5, 0.6) is 0 Å². The van der Waals surface area contributed by atoms with Gasteiger partial charge in [0.05, 0.1) is 12.4 Å². The Balaban J connectivity index is 2.07. The molecular formula is C11H20O2S. The Morgan fingerprint density at radius 1 is 1.36 bits per heavy atom. The fourth-order valence-corrected chi connectivity index (χ4v) is 2.72.